The molecule has 6 heteroatoms. The van der Waals surface area contributed by atoms with E-state index in [1.165, 1.54) is 0 Å². The number of aliphatic hydroxyl groups is 1. The van der Waals surface area contributed by atoms with E-state index in [0.717, 1.165) is 5.56 Å². The standard InChI is InChI=1S/C15H17N3O3/c1-10-7-12(17-21-10)15(20)18-6-4-14(19)13(18)8-11-3-2-5-16-9-11/h2-3,5,7,9,13-14,19H,4,6,8H2,1H3/t13-,14-/m1/s1. The van der Waals surface area contributed by atoms with Gasteiger partial charge in [-0.05, 0) is 31.4 Å². The van der Waals surface area contributed by atoms with E-state index in [-0.39, 0.29) is 17.6 Å². The first-order valence-electron chi connectivity index (χ1n) is 6.96. The van der Waals surface area contributed by atoms with Gasteiger partial charge >= 0.3 is 0 Å². The number of rotatable bonds is 3. The zero-order valence-corrected chi connectivity index (χ0v) is 11.8. The number of likely N-dealkylation sites (tertiary alicyclic amines) is 1. The molecule has 0 aromatic carbocycles. The molecule has 1 N–H and O–H groups in total. The van der Waals surface area contributed by atoms with E-state index >= 15 is 0 Å². The minimum absolute atomic E-state index is 0.197. The van der Waals surface area contributed by atoms with Gasteiger partial charge in [-0.25, -0.2) is 0 Å². The maximum atomic E-state index is 12.5. The molecule has 1 aliphatic rings. The van der Waals surface area contributed by atoms with Crippen LogP contribution in [-0.2, 0) is 6.42 Å². The molecule has 1 amide bonds. The van der Waals surface area contributed by atoms with Gasteiger partial charge in [0.15, 0.2) is 5.69 Å². The van der Waals surface area contributed by atoms with Crippen LogP contribution in [0.25, 0.3) is 0 Å². The Kier molecular flexibility index (Phi) is 3.70. The molecule has 21 heavy (non-hydrogen) atoms. The van der Waals surface area contributed by atoms with Crippen LogP contribution in [0.5, 0.6) is 0 Å². The molecule has 0 unspecified atom stereocenters. The summed E-state index contributed by atoms with van der Waals surface area (Å²) in [5, 5.41) is 13.9. The molecule has 0 aliphatic carbocycles. The summed E-state index contributed by atoms with van der Waals surface area (Å²) < 4.78 is 4.96. The summed E-state index contributed by atoms with van der Waals surface area (Å²) in [5.41, 5.74) is 1.29. The molecule has 2 aromatic rings. The molecule has 0 saturated carbocycles. The second kappa shape index (κ2) is 5.65. The monoisotopic (exact) mass is 287 g/mol. The number of aryl methyl sites for hydroxylation is 1. The lowest BCUT2D eigenvalue weighted by Crippen LogP contribution is -2.41. The summed E-state index contributed by atoms with van der Waals surface area (Å²) in [7, 11) is 0. The van der Waals surface area contributed by atoms with Crippen LogP contribution in [0.4, 0.5) is 0 Å². The van der Waals surface area contributed by atoms with Crippen LogP contribution < -0.4 is 0 Å². The van der Waals surface area contributed by atoms with E-state index in [0.29, 0.717) is 25.1 Å². The van der Waals surface area contributed by atoms with Gasteiger partial charge in [0.1, 0.15) is 5.76 Å². The predicted octanol–water partition coefficient (Wildman–Crippen LogP) is 1.20. The Morgan fingerprint density at radius 3 is 3.10 bits per heavy atom. The van der Waals surface area contributed by atoms with E-state index in [9.17, 15) is 9.90 Å². The van der Waals surface area contributed by atoms with Crippen molar-refractivity contribution in [3.05, 3.63) is 47.6 Å². The second-order valence-electron chi connectivity index (χ2n) is 5.31. The number of hydrogen-bond acceptors (Lipinski definition) is 5. The molecule has 3 heterocycles. The minimum atomic E-state index is -0.526. The zero-order chi connectivity index (χ0) is 14.8. The normalized spacial score (nSPS) is 21.7. The number of carbonyl (C=O) groups excluding carboxylic acids is 1. The molecule has 3 rings (SSSR count). The van der Waals surface area contributed by atoms with Crippen molar-refractivity contribution in [2.24, 2.45) is 0 Å². The second-order valence-corrected chi connectivity index (χ2v) is 5.31. The molecule has 2 atom stereocenters. The average molecular weight is 287 g/mol. The van der Waals surface area contributed by atoms with Crippen molar-refractivity contribution in [2.45, 2.75) is 31.9 Å². The molecule has 110 valence electrons. The Morgan fingerprint density at radius 2 is 2.43 bits per heavy atom. The molecule has 1 fully saturated rings. The molecule has 0 bridgehead atoms. The van der Waals surface area contributed by atoms with Crippen LogP contribution in [0.15, 0.2) is 35.1 Å². The fraction of sp³-hybridized carbons (Fsp3) is 0.400. The third-order valence-corrected chi connectivity index (χ3v) is 3.79. The molecule has 0 spiro atoms. The SMILES string of the molecule is Cc1cc(C(=O)N2CC[C@@H](O)[C@H]2Cc2cccnc2)no1. The highest BCUT2D eigenvalue weighted by Crippen LogP contribution is 2.23. The van der Waals surface area contributed by atoms with Gasteiger partial charge in [-0.3, -0.25) is 9.78 Å². The van der Waals surface area contributed by atoms with Crippen molar-refractivity contribution in [1.82, 2.24) is 15.0 Å². The maximum absolute atomic E-state index is 12.5. The summed E-state index contributed by atoms with van der Waals surface area (Å²) in [5.74, 6) is 0.402. The number of carbonyl (C=O) groups is 1. The zero-order valence-electron chi connectivity index (χ0n) is 11.8. The van der Waals surface area contributed by atoms with Crippen molar-refractivity contribution >= 4 is 5.91 Å². The highest BCUT2D eigenvalue weighted by atomic mass is 16.5. The number of aromatic nitrogens is 2. The fourth-order valence-corrected chi connectivity index (χ4v) is 2.71. The summed E-state index contributed by atoms with van der Waals surface area (Å²) in [6.07, 6.45) is 4.09. The molecular weight excluding hydrogens is 270 g/mol. The molecule has 1 aliphatic heterocycles. The number of nitrogens with zero attached hydrogens (tertiary/aromatic N) is 3. The molecular formula is C15H17N3O3. The van der Waals surface area contributed by atoms with Crippen LogP contribution in [0.1, 0.15) is 28.2 Å². The van der Waals surface area contributed by atoms with Crippen molar-refractivity contribution in [3.63, 3.8) is 0 Å². The summed E-state index contributed by atoms with van der Waals surface area (Å²) >= 11 is 0. The first kappa shape index (κ1) is 13.8. The van der Waals surface area contributed by atoms with Crippen LogP contribution in [-0.4, -0.2) is 44.7 Å². The Bertz CT molecular complexity index is 626. The van der Waals surface area contributed by atoms with E-state index in [4.69, 9.17) is 4.52 Å². The number of amides is 1. The van der Waals surface area contributed by atoms with Crippen LogP contribution in [0.2, 0.25) is 0 Å². The topological polar surface area (TPSA) is 79.5 Å². The average Bonchev–Trinajstić information content (AvgIpc) is 3.07. The summed E-state index contributed by atoms with van der Waals surface area (Å²) in [6.45, 7) is 2.27. The predicted molar refractivity (Wildman–Crippen MR) is 74.6 cm³/mol. The smallest absolute Gasteiger partial charge is 0.276 e. The molecule has 6 nitrogen and oxygen atoms in total. The Balaban J connectivity index is 1.79. The van der Waals surface area contributed by atoms with Gasteiger partial charge in [-0.1, -0.05) is 11.2 Å². The van der Waals surface area contributed by atoms with Crippen LogP contribution >= 0.6 is 0 Å². The van der Waals surface area contributed by atoms with Gasteiger partial charge in [0, 0.05) is 25.0 Å². The van der Waals surface area contributed by atoms with E-state index in [1.54, 1.807) is 30.3 Å². The van der Waals surface area contributed by atoms with E-state index < -0.39 is 6.10 Å². The van der Waals surface area contributed by atoms with Gasteiger partial charge < -0.3 is 14.5 Å². The van der Waals surface area contributed by atoms with Crippen molar-refractivity contribution < 1.29 is 14.4 Å². The van der Waals surface area contributed by atoms with Gasteiger partial charge in [0.05, 0.1) is 12.1 Å². The lowest BCUT2D eigenvalue weighted by atomic mass is 10.0. The molecule has 0 radical (unpaired) electrons. The number of aliphatic hydroxyl groups excluding tert-OH is 1. The molecule has 1 saturated heterocycles. The largest absolute Gasteiger partial charge is 0.391 e. The summed E-state index contributed by atoms with van der Waals surface area (Å²) in [6, 6.07) is 5.16. The van der Waals surface area contributed by atoms with E-state index in [2.05, 4.69) is 10.1 Å². The minimum Gasteiger partial charge on any atom is -0.391 e. The first-order chi connectivity index (χ1) is 10.1. The van der Waals surface area contributed by atoms with Crippen molar-refractivity contribution in [2.75, 3.05) is 6.54 Å². The maximum Gasteiger partial charge on any atom is 0.276 e. The Morgan fingerprint density at radius 1 is 1.57 bits per heavy atom. The van der Waals surface area contributed by atoms with Crippen LogP contribution in [0.3, 0.4) is 0 Å². The van der Waals surface area contributed by atoms with Gasteiger partial charge in [0.2, 0.25) is 0 Å². The van der Waals surface area contributed by atoms with E-state index in [1.807, 2.05) is 12.1 Å². The quantitative estimate of drug-likeness (QED) is 0.917. The number of hydrogen-bond donors (Lipinski definition) is 1. The van der Waals surface area contributed by atoms with Crippen molar-refractivity contribution in [3.8, 4) is 0 Å². The fourth-order valence-electron chi connectivity index (χ4n) is 2.71. The Hall–Kier alpha value is -2.21. The highest BCUT2D eigenvalue weighted by molar-refractivity contribution is 5.92. The first-order valence-corrected chi connectivity index (χ1v) is 6.96. The van der Waals surface area contributed by atoms with Gasteiger partial charge in [-0.2, -0.15) is 0 Å². The lowest BCUT2D eigenvalue weighted by Gasteiger charge is -2.25. The summed E-state index contributed by atoms with van der Waals surface area (Å²) in [4.78, 5) is 18.2. The van der Waals surface area contributed by atoms with Crippen molar-refractivity contribution in [1.29, 1.82) is 0 Å². The third kappa shape index (κ3) is 2.80. The van der Waals surface area contributed by atoms with Gasteiger partial charge in [-0.15, -0.1) is 0 Å². The Labute approximate surface area is 122 Å². The lowest BCUT2D eigenvalue weighted by molar-refractivity contribution is 0.0630. The van der Waals surface area contributed by atoms with Crippen LogP contribution in [0, 0.1) is 6.92 Å². The molecule has 2 aromatic heterocycles. The van der Waals surface area contributed by atoms with Gasteiger partial charge in [0.25, 0.3) is 5.91 Å². The third-order valence-electron chi connectivity index (χ3n) is 3.79. The number of pyridine rings is 1. The highest BCUT2D eigenvalue weighted by Gasteiger charge is 2.37.